The zero-order valence-electron chi connectivity index (χ0n) is 12.4. The van der Waals surface area contributed by atoms with Gasteiger partial charge in [-0.2, -0.15) is 10.2 Å². The Bertz CT molecular complexity index is 1130. The SMILES string of the molecule is Clc1ccccc1-n1cc(-c2nc3cc4c[nH]nc4cc3[nH]2)cn1. The lowest BCUT2D eigenvalue weighted by Crippen LogP contribution is -1.94. The maximum atomic E-state index is 6.23. The minimum Gasteiger partial charge on any atom is -0.338 e. The second kappa shape index (κ2) is 4.94. The molecule has 0 aliphatic rings. The summed E-state index contributed by atoms with van der Waals surface area (Å²) in [7, 11) is 0. The highest BCUT2D eigenvalue weighted by molar-refractivity contribution is 6.32. The molecule has 0 bridgehead atoms. The summed E-state index contributed by atoms with van der Waals surface area (Å²) in [4.78, 5) is 7.98. The average molecular weight is 335 g/mol. The molecule has 2 aromatic carbocycles. The average Bonchev–Trinajstić information content (AvgIpc) is 3.31. The zero-order chi connectivity index (χ0) is 16.1. The summed E-state index contributed by atoms with van der Waals surface area (Å²) in [5, 5.41) is 13.1. The van der Waals surface area contributed by atoms with Crippen LogP contribution < -0.4 is 0 Å². The number of aromatic amines is 2. The van der Waals surface area contributed by atoms with Crippen LogP contribution in [-0.4, -0.2) is 29.9 Å². The molecule has 3 aromatic heterocycles. The van der Waals surface area contributed by atoms with E-state index in [1.54, 1.807) is 10.9 Å². The number of aromatic nitrogens is 6. The number of fused-ring (bicyclic) bond motifs is 2. The molecule has 6 nitrogen and oxygen atoms in total. The Morgan fingerprint density at radius 1 is 1.08 bits per heavy atom. The van der Waals surface area contributed by atoms with Gasteiger partial charge in [0.25, 0.3) is 0 Å². The van der Waals surface area contributed by atoms with Crippen molar-refractivity contribution in [1.82, 2.24) is 29.9 Å². The molecule has 3 heterocycles. The molecule has 5 aromatic rings. The van der Waals surface area contributed by atoms with Gasteiger partial charge in [-0.05, 0) is 24.3 Å². The van der Waals surface area contributed by atoms with E-state index in [2.05, 4.69) is 25.3 Å². The Morgan fingerprint density at radius 2 is 2.00 bits per heavy atom. The third kappa shape index (κ3) is 2.00. The van der Waals surface area contributed by atoms with Gasteiger partial charge in [-0.15, -0.1) is 0 Å². The van der Waals surface area contributed by atoms with Crippen molar-refractivity contribution >= 4 is 33.5 Å². The van der Waals surface area contributed by atoms with Crippen molar-refractivity contribution in [2.45, 2.75) is 0 Å². The van der Waals surface area contributed by atoms with Gasteiger partial charge in [0.05, 0.1) is 39.0 Å². The second-order valence-electron chi connectivity index (χ2n) is 5.52. The Balaban J connectivity index is 1.61. The number of H-pyrrole nitrogens is 2. The van der Waals surface area contributed by atoms with E-state index in [0.29, 0.717) is 5.02 Å². The summed E-state index contributed by atoms with van der Waals surface area (Å²) in [6.07, 6.45) is 5.54. The van der Waals surface area contributed by atoms with Gasteiger partial charge in [-0.25, -0.2) is 9.67 Å². The lowest BCUT2D eigenvalue weighted by Gasteiger charge is -2.02. The van der Waals surface area contributed by atoms with Gasteiger partial charge in [-0.3, -0.25) is 5.10 Å². The van der Waals surface area contributed by atoms with E-state index in [9.17, 15) is 0 Å². The smallest absolute Gasteiger partial charge is 0.141 e. The van der Waals surface area contributed by atoms with Crippen LogP contribution in [0, 0.1) is 0 Å². The first kappa shape index (κ1) is 13.3. The molecule has 0 unspecified atom stereocenters. The second-order valence-corrected chi connectivity index (χ2v) is 5.93. The zero-order valence-corrected chi connectivity index (χ0v) is 13.1. The number of nitrogens with one attached hydrogen (secondary N) is 2. The highest BCUT2D eigenvalue weighted by Gasteiger charge is 2.11. The molecule has 116 valence electrons. The van der Waals surface area contributed by atoms with Gasteiger partial charge in [0.1, 0.15) is 5.82 Å². The highest BCUT2D eigenvalue weighted by atomic mass is 35.5. The third-order valence-corrected chi connectivity index (χ3v) is 4.31. The number of benzene rings is 2. The summed E-state index contributed by atoms with van der Waals surface area (Å²) in [5.41, 5.74) is 4.47. The molecule has 5 rings (SSSR count). The number of halogens is 1. The van der Waals surface area contributed by atoms with Crippen molar-refractivity contribution in [2.24, 2.45) is 0 Å². The number of rotatable bonds is 2. The van der Waals surface area contributed by atoms with Gasteiger partial charge >= 0.3 is 0 Å². The minimum absolute atomic E-state index is 0.651. The van der Waals surface area contributed by atoms with Crippen LogP contribution in [0.2, 0.25) is 5.02 Å². The number of hydrogen-bond acceptors (Lipinski definition) is 3. The van der Waals surface area contributed by atoms with Crippen molar-refractivity contribution in [3.05, 3.63) is 60.0 Å². The fourth-order valence-corrected chi connectivity index (χ4v) is 3.02. The predicted molar refractivity (Wildman–Crippen MR) is 93.3 cm³/mol. The predicted octanol–water partition coefficient (Wildman–Crippen LogP) is 3.95. The third-order valence-electron chi connectivity index (χ3n) is 3.99. The van der Waals surface area contributed by atoms with Crippen LogP contribution in [0.3, 0.4) is 0 Å². The van der Waals surface area contributed by atoms with Crippen LogP contribution in [0.1, 0.15) is 0 Å². The normalized spacial score (nSPS) is 11.5. The van der Waals surface area contributed by atoms with Gasteiger partial charge in [0.2, 0.25) is 0 Å². The first-order valence-corrected chi connectivity index (χ1v) is 7.79. The molecule has 0 aliphatic heterocycles. The molecule has 7 heteroatoms. The summed E-state index contributed by atoms with van der Waals surface area (Å²) >= 11 is 6.23. The van der Waals surface area contributed by atoms with Crippen LogP contribution in [-0.2, 0) is 0 Å². The lowest BCUT2D eigenvalue weighted by molar-refractivity contribution is 0.881. The molecular weight excluding hydrogens is 324 g/mol. The molecule has 24 heavy (non-hydrogen) atoms. The van der Waals surface area contributed by atoms with E-state index in [1.165, 1.54) is 0 Å². The van der Waals surface area contributed by atoms with E-state index in [1.807, 2.05) is 48.8 Å². The van der Waals surface area contributed by atoms with Crippen molar-refractivity contribution in [1.29, 1.82) is 0 Å². The Kier molecular flexibility index (Phi) is 2.74. The topological polar surface area (TPSA) is 75.2 Å². The van der Waals surface area contributed by atoms with Gasteiger partial charge < -0.3 is 4.98 Å². The fraction of sp³-hybridized carbons (Fsp3) is 0. The highest BCUT2D eigenvalue weighted by Crippen LogP contribution is 2.25. The maximum Gasteiger partial charge on any atom is 0.141 e. The molecule has 2 N–H and O–H groups in total. The molecule has 0 saturated carbocycles. The van der Waals surface area contributed by atoms with Crippen LogP contribution >= 0.6 is 11.6 Å². The maximum absolute atomic E-state index is 6.23. The van der Waals surface area contributed by atoms with E-state index in [0.717, 1.165) is 39.0 Å². The molecule has 0 aliphatic carbocycles. The standard InChI is InChI=1S/C17H11ClN6/c18-12-3-1-2-4-16(12)24-9-11(8-20-24)17-21-14-5-10-7-19-23-13(10)6-15(14)22-17/h1-9H,(H,19,23)(H,21,22). The summed E-state index contributed by atoms with van der Waals surface area (Å²) in [6, 6.07) is 11.6. The van der Waals surface area contributed by atoms with Gasteiger partial charge in [-0.1, -0.05) is 23.7 Å². The van der Waals surface area contributed by atoms with Crippen molar-refractivity contribution in [3.8, 4) is 17.1 Å². The molecular formula is C17H11ClN6. The Hall–Kier alpha value is -3.12. The van der Waals surface area contributed by atoms with Crippen LogP contribution in [0.25, 0.3) is 39.0 Å². The molecule has 0 saturated heterocycles. The van der Waals surface area contributed by atoms with Crippen LogP contribution in [0.15, 0.2) is 55.0 Å². The Labute approximate surface area is 141 Å². The van der Waals surface area contributed by atoms with E-state index < -0.39 is 0 Å². The van der Waals surface area contributed by atoms with Gasteiger partial charge in [0, 0.05) is 17.8 Å². The lowest BCUT2D eigenvalue weighted by atomic mass is 10.2. The number of imidazole rings is 1. The number of para-hydroxylation sites is 1. The molecule has 0 atom stereocenters. The largest absolute Gasteiger partial charge is 0.338 e. The minimum atomic E-state index is 0.651. The summed E-state index contributed by atoms with van der Waals surface area (Å²) in [5.74, 6) is 0.764. The first-order chi connectivity index (χ1) is 11.8. The quantitative estimate of drug-likeness (QED) is 0.513. The molecule has 0 amide bonds. The van der Waals surface area contributed by atoms with Crippen molar-refractivity contribution in [2.75, 3.05) is 0 Å². The summed E-state index contributed by atoms with van der Waals surface area (Å²) in [6.45, 7) is 0. The van der Waals surface area contributed by atoms with E-state index >= 15 is 0 Å². The Morgan fingerprint density at radius 3 is 2.92 bits per heavy atom. The molecule has 0 fully saturated rings. The molecule has 0 radical (unpaired) electrons. The van der Waals surface area contributed by atoms with Crippen LogP contribution in [0.5, 0.6) is 0 Å². The van der Waals surface area contributed by atoms with E-state index in [-0.39, 0.29) is 0 Å². The van der Waals surface area contributed by atoms with E-state index in [4.69, 9.17) is 11.6 Å². The first-order valence-electron chi connectivity index (χ1n) is 7.41. The van der Waals surface area contributed by atoms with Gasteiger partial charge in [0.15, 0.2) is 0 Å². The number of nitrogens with zero attached hydrogens (tertiary/aromatic N) is 4. The van der Waals surface area contributed by atoms with Crippen molar-refractivity contribution in [3.63, 3.8) is 0 Å². The summed E-state index contributed by atoms with van der Waals surface area (Å²) < 4.78 is 1.75. The fourth-order valence-electron chi connectivity index (χ4n) is 2.80. The molecule has 0 spiro atoms. The number of hydrogen-bond donors (Lipinski definition) is 2. The van der Waals surface area contributed by atoms with Crippen molar-refractivity contribution < 1.29 is 0 Å². The van der Waals surface area contributed by atoms with Crippen LogP contribution in [0.4, 0.5) is 0 Å². The monoisotopic (exact) mass is 334 g/mol.